The Morgan fingerprint density at radius 3 is 2.96 bits per heavy atom. The van der Waals surface area contributed by atoms with Crippen molar-refractivity contribution in [1.29, 1.82) is 0 Å². The number of hydrogen-bond donors (Lipinski definition) is 0. The van der Waals surface area contributed by atoms with Crippen LogP contribution < -0.4 is 4.74 Å². The first kappa shape index (κ1) is 16.2. The standard InChI is InChI=1S/C17H25N3O3/c1-12(2)6-16(21)20-10-17(11-20)7-14(4-5-22-17)23-15-9-18-8-13(3)19-15/h8-9,12,14H,4-7,10-11H2,1-3H3. The molecule has 3 heterocycles. The summed E-state index contributed by atoms with van der Waals surface area (Å²) in [6.07, 6.45) is 5.68. The molecule has 0 aromatic carbocycles. The molecular weight excluding hydrogens is 294 g/mol. The van der Waals surface area contributed by atoms with Crippen LogP contribution in [0.15, 0.2) is 12.4 Å². The van der Waals surface area contributed by atoms with E-state index in [1.165, 1.54) is 0 Å². The zero-order chi connectivity index (χ0) is 16.4. The first-order valence-electron chi connectivity index (χ1n) is 8.33. The van der Waals surface area contributed by atoms with Crippen LogP contribution in [0, 0.1) is 12.8 Å². The lowest BCUT2D eigenvalue weighted by Crippen LogP contribution is -2.67. The number of aromatic nitrogens is 2. The molecule has 3 rings (SSSR count). The van der Waals surface area contributed by atoms with Crippen LogP contribution in [-0.2, 0) is 9.53 Å². The fraction of sp³-hybridized carbons (Fsp3) is 0.706. The minimum atomic E-state index is -0.229. The maximum Gasteiger partial charge on any atom is 0.232 e. The Hall–Kier alpha value is -1.69. The van der Waals surface area contributed by atoms with Crippen LogP contribution in [-0.4, -0.2) is 52.2 Å². The van der Waals surface area contributed by atoms with E-state index in [0.29, 0.717) is 37.9 Å². The van der Waals surface area contributed by atoms with E-state index >= 15 is 0 Å². The summed E-state index contributed by atoms with van der Waals surface area (Å²) in [5.41, 5.74) is 0.616. The van der Waals surface area contributed by atoms with E-state index < -0.39 is 0 Å². The summed E-state index contributed by atoms with van der Waals surface area (Å²) < 4.78 is 11.9. The third kappa shape index (κ3) is 3.80. The molecule has 0 N–H and O–H groups in total. The van der Waals surface area contributed by atoms with Gasteiger partial charge in [-0.05, 0) is 12.8 Å². The molecule has 6 nitrogen and oxygen atoms in total. The predicted molar refractivity (Wildman–Crippen MR) is 85.1 cm³/mol. The molecule has 1 spiro atoms. The number of likely N-dealkylation sites (tertiary alicyclic amines) is 1. The molecule has 2 aliphatic heterocycles. The van der Waals surface area contributed by atoms with Crippen LogP contribution in [0.4, 0.5) is 0 Å². The van der Waals surface area contributed by atoms with Gasteiger partial charge in [-0.25, -0.2) is 4.98 Å². The molecule has 1 aromatic rings. The summed E-state index contributed by atoms with van der Waals surface area (Å²) in [6, 6.07) is 0. The zero-order valence-electron chi connectivity index (χ0n) is 14.1. The van der Waals surface area contributed by atoms with Crippen molar-refractivity contribution in [2.75, 3.05) is 19.7 Å². The van der Waals surface area contributed by atoms with Gasteiger partial charge in [-0.15, -0.1) is 0 Å². The highest BCUT2D eigenvalue weighted by molar-refractivity contribution is 5.77. The van der Waals surface area contributed by atoms with Gasteiger partial charge in [0.15, 0.2) is 0 Å². The summed E-state index contributed by atoms with van der Waals surface area (Å²) in [7, 11) is 0. The van der Waals surface area contributed by atoms with Crippen molar-refractivity contribution < 1.29 is 14.3 Å². The molecule has 0 radical (unpaired) electrons. The number of amides is 1. The van der Waals surface area contributed by atoms with Gasteiger partial charge < -0.3 is 14.4 Å². The minimum absolute atomic E-state index is 0.0715. The van der Waals surface area contributed by atoms with Gasteiger partial charge in [0.2, 0.25) is 11.8 Å². The molecular formula is C17H25N3O3. The van der Waals surface area contributed by atoms with Crippen LogP contribution in [0.5, 0.6) is 5.88 Å². The number of carbonyl (C=O) groups excluding carboxylic acids is 1. The van der Waals surface area contributed by atoms with Gasteiger partial charge in [-0.1, -0.05) is 13.8 Å². The largest absolute Gasteiger partial charge is 0.473 e. The summed E-state index contributed by atoms with van der Waals surface area (Å²) in [4.78, 5) is 22.4. The topological polar surface area (TPSA) is 64.6 Å². The molecule has 23 heavy (non-hydrogen) atoms. The number of ether oxygens (including phenoxy) is 2. The SMILES string of the molecule is Cc1cncc(OC2CCOC3(C2)CN(C(=O)CC(C)C)C3)n1. The van der Waals surface area contributed by atoms with Crippen molar-refractivity contribution in [2.45, 2.75) is 51.7 Å². The van der Waals surface area contributed by atoms with Crippen LogP contribution in [0.3, 0.4) is 0 Å². The molecule has 1 atom stereocenters. The van der Waals surface area contributed by atoms with E-state index in [0.717, 1.165) is 18.5 Å². The number of rotatable bonds is 4. The van der Waals surface area contributed by atoms with Crippen LogP contribution >= 0.6 is 0 Å². The molecule has 2 aliphatic rings. The molecule has 0 saturated carbocycles. The maximum absolute atomic E-state index is 12.1. The van der Waals surface area contributed by atoms with Crippen LogP contribution in [0.25, 0.3) is 0 Å². The average Bonchev–Trinajstić information content (AvgIpc) is 2.44. The second-order valence-corrected chi connectivity index (χ2v) is 7.11. The second kappa shape index (κ2) is 6.43. The Morgan fingerprint density at radius 1 is 1.48 bits per heavy atom. The van der Waals surface area contributed by atoms with Crippen molar-refractivity contribution in [2.24, 2.45) is 5.92 Å². The summed E-state index contributed by atoms with van der Waals surface area (Å²) in [5.74, 6) is 1.18. The van der Waals surface area contributed by atoms with E-state index in [4.69, 9.17) is 9.47 Å². The Bertz CT molecular complexity index is 570. The van der Waals surface area contributed by atoms with E-state index in [9.17, 15) is 4.79 Å². The lowest BCUT2D eigenvalue weighted by Gasteiger charge is -2.53. The highest BCUT2D eigenvalue weighted by Crippen LogP contribution is 2.36. The average molecular weight is 319 g/mol. The third-order valence-corrected chi connectivity index (χ3v) is 4.36. The second-order valence-electron chi connectivity index (χ2n) is 7.11. The fourth-order valence-corrected chi connectivity index (χ4v) is 3.28. The van der Waals surface area contributed by atoms with Crippen LogP contribution in [0.2, 0.25) is 0 Å². The molecule has 2 fully saturated rings. The van der Waals surface area contributed by atoms with Gasteiger partial charge in [0.1, 0.15) is 11.7 Å². The Balaban J connectivity index is 1.54. The van der Waals surface area contributed by atoms with Gasteiger partial charge in [0, 0.05) is 25.5 Å². The number of aryl methyl sites for hydroxylation is 1. The lowest BCUT2D eigenvalue weighted by atomic mass is 9.84. The van der Waals surface area contributed by atoms with Crippen molar-refractivity contribution >= 4 is 5.91 Å². The molecule has 126 valence electrons. The number of carbonyl (C=O) groups is 1. The number of hydrogen-bond acceptors (Lipinski definition) is 5. The predicted octanol–water partition coefficient (Wildman–Crippen LogP) is 1.97. The van der Waals surface area contributed by atoms with E-state index in [1.807, 2.05) is 11.8 Å². The first-order valence-corrected chi connectivity index (χ1v) is 8.33. The molecule has 6 heteroatoms. The summed E-state index contributed by atoms with van der Waals surface area (Å²) >= 11 is 0. The molecule has 1 aromatic heterocycles. The van der Waals surface area contributed by atoms with Crippen LogP contribution in [0.1, 0.15) is 38.8 Å². The molecule has 0 aliphatic carbocycles. The van der Waals surface area contributed by atoms with E-state index in [1.54, 1.807) is 12.4 Å². The third-order valence-electron chi connectivity index (χ3n) is 4.36. The molecule has 1 unspecified atom stereocenters. The normalized spacial score (nSPS) is 23.0. The summed E-state index contributed by atoms with van der Waals surface area (Å²) in [6.45, 7) is 8.05. The number of nitrogens with zero attached hydrogens (tertiary/aromatic N) is 3. The first-order chi connectivity index (χ1) is 11.0. The monoisotopic (exact) mass is 319 g/mol. The van der Waals surface area contributed by atoms with E-state index in [2.05, 4.69) is 23.8 Å². The highest BCUT2D eigenvalue weighted by Gasteiger charge is 2.49. The highest BCUT2D eigenvalue weighted by atomic mass is 16.5. The van der Waals surface area contributed by atoms with Gasteiger partial charge in [0.05, 0.1) is 31.6 Å². The summed E-state index contributed by atoms with van der Waals surface area (Å²) in [5, 5.41) is 0. The minimum Gasteiger partial charge on any atom is -0.473 e. The maximum atomic E-state index is 12.1. The van der Waals surface area contributed by atoms with Gasteiger partial charge in [-0.3, -0.25) is 9.78 Å². The Morgan fingerprint density at radius 2 is 2.26 bits per heavy atom. The van der Waals surface area contributed by atoms with Crippen molar-refractivity contribution in [3.05, 3.63) is 18.1 Å². The van der Waals surface area contributed by atoms with Gasteiger partial charge >= 0.3 is 0 Å². The van der Waals surface area contributed by atoms with Crippen molar-refractivity contribution in [3.8, 4) is 5.88 Å². The molecule has 1 amide bonds. The fourth-order valence-electron chi connectivity index (χ4n) is 3.28. The van der Waals surface area contributed by atoms with Crippen molar-refractivity contribution in [1.82, 2.24) is 14.9 Å². The quantitative estimate of drug-likeness (QED) is 0.849. The molecule has 0 bridgehead atoms. The van der Waals surface area contributed by atoms with E-state index in [-0.39, 0.29) is 17.6 Å². The van der Waals surface area contributed by atoms with Crippen molar-refractivity contribution in [3.63, 3.8) is 0 Å². The molecule has 2 saturated heterocycles. The van der Waals surface area contributed by atoms with Gasteiger partial charge in [-0.2, -0.15) is 0 Å². The zero-order valence-corrected chi connectivity index (χ0v) is 14.1. The lowest BCUT2D eigenvalue weighted by molar-refractivity contribution is -0.193. The Kier molecular flexibility index (Phi) is 4.53. The Labute approximate surface area is 137 Å². The van der Waals surface area contributed by atoms with Gasteiger partial charge in [0.25, 0.3) is 0 Å². The smallest absolute Gasteiger partial charge is 0.232 e.